The number of aromatic amines is 2. The van der Waals surface area contributed by atoms with Gasteiger partial charge in [-0.25, -0.2) is 9.97 Å². The van der Waals surface area contributed by atoms with Gasteiger partial charge in [0.15, 0.2) is 0 Å². The molecule has 0 spiro atoms. The standard InChI is InChI=1S/C32H33ClN6/c1-15-24-16(2)26(37-25(15)24)31-34-14-23(36-31)20-9-5-18(6-10-20)19-7-11-21(12-8-19)27-29(33)39-30(38-27)17(3)35-28-22-13-32(22,28)4/h5-12,14-15,17,22,24-26,28,35,37H,2,13H2,1,3-4H3,(H,34,36)(H,38,39). The maximum absolute atomic E-state index is 6.58. The Kier molecular flexibility index (Phi) is 4.96. The molecule has 0 radical (unpaired) electrons. The number of nitrogens with zero attached hydrogens (tertiary/aromatic N) is 2. The molecule has 3 heterocycles. The van der Waals surface area contributed by atoms with Crippen LogP contribution >= 0.6 is 11.6 Å². The second-order valence-corrected chi connectivity index (χ2v) is 12.8. The second kappa shape index (κ2) is 8.17. The van der Waals surface area contributed by atoms with Crippen LogP contribution < -0.4 is 10.6 Å². The van der Waals surface area contributed by atoms with E-state index in [1.807, 2.05) is 6.20 Å². The molecule has 3 aliphatic carbocycles. The van der Waals surface area contributed by atoms with Crippen LogP contribution in [0.5, 0.6) is 0 Å². The van der Waals surface area contributed by atoms with E-state index in [2.05, 4.69) is 101 Å². The normalized spacial score (nSPS) is 32.6. The van der Waals surface area contributed by atoms with Gasteiger partial charge in [0, 0.05) is 23.6 Å². The van der Waals surface area contributed by atoms with Gasteiger partial charge in [0.2, 0.25) is 0 Å². The number of benzene rings is 2. The molecule has 8 rings (SSSR count). The van der Waals surface area contributed by atoms with Crippen LogP contribution in [0.4, 0.5) is 0 Å². The Morgan fingerprint density at radius 1 is 1.03 bits per heavy atom. The summed E-state index contributed by atoms with van der Waals surface area (Å²) in [6, 6.07) is 18.5. The summed E-state index contributed by atoms with van der Waals surface area (Å²) in [5.41, 5.74) is 8.06. The summed E-state index contributed by atoms with van der Waals surface area (Å²) in [4.78, 5) is 16.3. The van der Waals surface area contributed by atoms with Crippen LogP contribution in [0.2, 0.25) is 5.15 Å². The van der Waals surface area contributed by atoms with Crippen molar-refractivity contribution in [3.8, 4) is 33.6 Å². The van der Waals surface area contributed by atoms with Gasteiger partial charge < -0.3 is 20.6 Å². The zero-order chi connectivity index (χ0) is 26.6. The number of hydrogen-bond donors (Lipinski definition) is 4. The molecule has 7 heteroatoms. The van der Waals surface area contributed by atoms with Gasteiger partial charge in [-0.2, -0.15) is 0 Å². The molecule has 198 valence electrons. The molecule has 4 N–H and O–H groups in total. The fraction of sp³-hybridized carbons (Fsp3) is 0.375. The smallest absolute Gasteiger partial charge is 0.134 e. The number of hydrogen-bond acceptors (Lipinski definition) is 4. The Morgan fingerprint density at radius 3 is 2.26 bits per heavy atom. The third-order valence-corrected chi connectivity index (χ3v) is 10.2. The molecule has 39 heavy (non-hydrogen) atoms. The SMILES string of the molecule is C=C1C(c2ncc(-c3ccc(-c4ccc(-c5nc(C(C)NC6C7CC76C)[nH]c5Cl)cc4)cc3)[nH]2)NC2C(C)C12. The summed E-state index contributed by atoms with van der Waals surface area (Å²) >= 11 is 6.58. The lowest BCUT2D eigenvalue weighted by molar-refractivity contribution is 0.444. The Hall–Kier alpha value is -3.19. The number of piperidine rings is 1. The Morgan fingerprint density at radius 2 is 1.67 bits per heavy atom. The lowest BCUT2D eigenvalue weighted by atomic mass is 10.0. The molecule has 8 atom stereocenters. The molecule has 1 aliphatic heterocycles. The molecule has 1 saturated heterocycles. The maximum atomic E-state index is 6.58. The van der Waals surface area contributed by atoms with Crippen molar-refractivity contribution in [3.63, 3.8) is 0 Å². The predicted octanol–water partition coefficient (Wildman–Crippen LogP) is 6.68. The van der Waals surface area contributed by atoms with E-state index in [9.17, 15) is 0 Å². The third-order valence-electron chi connectivity index (χ3n) is 9.96. The van der Waals surface area contributed by atoms with E-state index in [4.69, 9.17) is 16.6 Å². The number of aromatic nitrogens is 4. The van der Waals surface area contributed by atoms with Crippen molar-refractivity contribution >= 4 is 11.6 Å². The van der Waals surface area contributed by atoms with Crippen LogP contribution in [-0.2, 0) is 0 Å². The molecule has 3 saturated carbocycles. The molecule has 0 bridgehead atoms. The summed E-state index contributed by atoms with van der Waals surface area (Å²) in [6.45, 7) is 11.1. The van der Waals surface area contributed by atoms with Gasteiger partial charge in [0.05, 0.1) is 24.0 Å². The summed E-state index contributed by atoms with van der Waals surface area (Å²) in [6.07, 6.45) is 3.28. The average molecular weight is 537 g/mol. The maximum Gasteiger partial charge on any atom is 0.134 e. The zero-order valence-electron chi connectivity index (χ0n) is 22.4. The Labute approximate surface area is 233 Å². The van der Waals surface area contributed by atoms with Crippen LogP contribution in [-0.4, -0.2) is 32.0 Å². The highest BCUT2D eigenvalue weighted by Crippen LogP contribution is 2.74. The number of H-pyrrole nitrogens is 2. The van der Waals surface area contributed by atoms with Crippen LogP contribution in [0, 0.1) is 23.2 Å². The van der Waals surface area contributed by atoms with Gasteiger partial charge in [-0.15, -0.1) is 0 Å². The summed E-state index contributed by atoms with van der Waals surface area (Å²) in [5.74, 6) is 4.00. The van der Waals surface area contributed by atoms with E-state index in [-0.39, 0.29) is 12.1 Å². The predicted molar refractivity (Wildman–Crippen MR) is 155 cm³/mol. The van der Waals surface area contributed by atoms with Crippen LogP contribution in [0.1, 0.15) is 50.9 Å². The molecular formula is C32H33ClN6. The quantitative estimate of drug-likeness (QED) is 0.199. The summed E-state index contributed by atoms with van der Waals surface area (Å²) in [7, 11) is 0. The topological polar surface area (TPSA) is 81.4 Å². The molecule has 0 amide bonds. The van der Waals surface area contributed by atoms with Crippen molar-refractivity contribution in [2.45, 2.75) is 51.4 Å². The minimum atomic E-state index is 0.133. The highest BCUT2D eigenvalue weighted by Gasteiger charge is 2.75. The number of imidazole rings is 2. The lowest BCUT2D eigenvalue weighted by Gasteiger charge is -2.15. The lowest BCUT2D eigenvalue weighted by Crippen LogP contribution is -2.28. The van der Waals surface area contributed by atoms with Gasteiger partial charge >= 0.3 is 0 Å². The van der Waals surface area contributed by atoms with Crippen molar-refractivity contribution in [2.24, 2.45) is 23.2 Å². The minimum absolute atomic E-state index is 0.133. The largest absolute Gasteiger partial charge is 0.340 e. The fourth-order valence-corrected chi connectivity index (χ4v) is 7.15. The van der Waals surface area contributed by atoms with E-state index in [1.54, 1.807) is 0 Å². The first-order chi connectivity index (χ1) is 18.8. The van der Waals surface area contributed by atoms with E-state index in [1.165, 1.54) is 12.0 Å². The first-order valence-corrected chi connectivity index (χ1v) is 14.4. The van der Waals surface area contributed by atoms with Gasteiger partial charge in [0.25, 0.3) is 0 Å². The molecule has 4 aromatic rings. The van der Waals surface area contributed by atoms with Crippen molar-refractivity contribution in [2.75, 3.05) is 0 Å². The molecule has 8 unspecified atom stereocenters. The van der Waals surface area contributed by atoms with Gasteiger partial charge in [-0.1, -0.05) is 80.6 Å². The van der Waals surface area contributed by atoms with E-state index < -0.39 is 0 Å². The number of fused-ring (bicyclic) bond motifs is 2. The molecule has 4 aliphatic rings. The summed E-state index contributed by atoms with van der Waals surface area (Å²) < 4.78 is 0. The number of halogens is 1. The van der Waals surface area contributed by atoms with Gasteiger partial charge in [-0.05, 0) is 52.9 Å². The van der Waals surface area contributed by atoms with Crippen molar-refractivity contribution in [1.82, 2.24) is 30.6 Å². The molecule has 6 nitrogen and oxygen atoms in total. The first kappa shape index (κ1) is 23.7. The Balaban J connectivity index is 0.955. The van der Waals surface area contributed by atoms with Crippen molar-refractivity contribution in [1.29, 1.82) is 0 Å². The van der Waals surface area contributed by atoms with E-state index in [0.29, 0.717) is 34.5 Å². The van der Waals surface area contributed by atoms with Crippen molar-refractivity contribution in [3.05, 3.63) is 83.7 Å². The molecule has 2 aromatic heterocycles. The van der Waals surface area contributed by atoms with Gasteiger partial charge in [-0.3, -0.25) is 0 Å². The van der Waals surface area contributed by atoms with E-state index >= 15 is 0 Å². The van der Waals surface area contributed by atoms with Crippen molar-refractivity contribution < 1.29 is 0 Å². The van der Waals surface area contributed by atoms with Crippen LogP contribution in [0.15, 0.2) is 66.9 Å². The van der Waals surface area contributed by atoms with Crippen LogP contribution in [0.25, 0.3) is 33.6 Å². The first-order valence-electron chi connectivity index (χ1n) is 14.0. The highest BCUT2D eigenvalue weighted by molar-refractivity contribution is 6.31. The zero-order valence-corrected chi connectivity index (χ0v) is 23.2. The number of rotatable bonds is 7. The van der Waals surface area contributed by atoms with Crippen LogP contribution in [0.3, 0.4) is 0 Å². The highest BCUT2D eigenvalue weighted by atomic mass is 35.5. The molecule has 4 fully saturated rings. The average Bonchev–Trinajstić information content (AvgIpc) is 3.70. The summed E-state index contributed by atoms with van der Waals surface area (Å²) in [5, 5.41) is 7.96. The van der Waals surface area contributed by atoms with Gasteiger partial charge in [0.1, 0.15) is 22.5 Å². The van der Waals surface area contributed by atoms with E-state index in [0.717, 1.165) is 51.2 Å². The fourth-order valence-electron chi connectivity index (χ4n) is 6.91. The monoisotopic (exact) mass is 536 g/mol. The Bertz CT molecular complexity index is 1600. The number of nitrogens with one attached hydrogen (secondary N) is 4. The molecular weight excluding hydrogens is 504 g/mol. The third kappa shape index (κ3) is 3.69. The second-order valence-electron chi connectivity index (χ2n) is 12.4. The minimum Gasteiger partial charge on any atom is -0.340 e. The molecule has 2 aromatic carbocycles.